The van der Waals surface area contributed by atoms with Crippen molar-refractivity contribution in [3.8, 4) is 11.6 Å². The van der Waals surface area contributed by atoms with Gasteiger partial charge in [0.1, 0.15) is 5.69 Å². The number of hydrogen-bond acceptors (Lipinski definition) is 5. The van der Waals surface area contributed by atoms with Crippen LogP contribution < -0.4 is 5.73 Å². The highest BCUT2D eigenvalue weighted by Crippen LogP contribution is 2.13. The molecule has 0 fully saturated rings. The van der Waals surface area contributed by atoms with Crippen molar-refractivity contribution in [2.75, 3.05) is 5.73 Å². The Morgan fingerprint density at radius 2 is 2.25 bits per heavy atom. The van der Waals surface area contributed by atoms with Gasteiger partial charge in [-0.1, -0.05) is 6.07 Å². The Hall–Kier alpha value is -1.91. The van der Waals surface area contributed by atoms with Crippen LogP contribution in [0.3, 0.4) is 0 Å². The fraction of sp³-hybridized carbons (Fsp3) is 0. The molecule has 5 heteroatoms. The van der Waals surface area contributed by atoms with Crippen LogP contribution in [0.15, 0.2) is 28.9 Å². The summed E-state index contributed by atoms with van der Waals surface area (Å²) in [5.41, 5.74) is 5.90. The number of nitrogen functional groups attached to an aromatic ring is 1. The third-order valence-corrected chi connectivity index (χ3v) is 1.33. The van der Waals surface area contributed by atoms with Gasteiger partial charge in [-0.05, 0) is 17.3 Å². The predicted molar refractivity (Wildman–Crippen MR) is 41.9 cm³/mol. The molecular weight excluding hydrogens is 156 g/mol. The molecule has 5 nitrogen and oxygen atoms in total. The standard InChI is InChI=1S/C7H6N4O/c8-7-10-6(12-11-7)5-3-1-2-4-9-5/h1-4H,(H2,8,11). The van der Waals surface area contributed by atoms with E-state index in [-0.39, 0.29) is 5.95 Å². The van der Waals surface area contributed by atoms with E-state index in [2.05, 4.69) is 15.1 Å². The Kier molecular flexibility index (Phi) is 1.48. The van der Waals surface area contributed by atoms with Gasteiger partial charge in [-0.25, -0.2) is 0 Å². The molecule has 0 aliphatic heterocycles. The molecule has 0 amide bonds. The molecule has 0 radical (unpaired) electrons. The lowest BCUT2D eigenvalue weighted by Crippen LogP contribution is -1.86. The van der Waals surface area contributed by atoms with Crippen molar-refractivity contribution in [2.24, 2.45) is 0 Å². The summed E-state index contributed by atoms with van der Waals surface area (Å²) >= 11 is 0. The van der Waals surface area contributed by atoms with E-state index in [4.69, 9.17) is 10.3 Å². The first-order valence-corrected chi connectivity index (χ1v) is 3.37. The molecular formula is C7H6N4O. The summed E-state index contributed by atoms with van der Waals surface area (Å²) in [4.78, 5) is 7.83. The van der Waals surface area contributed by atoms with E-state index in [0.29, 0.717) is 11.6 Å². The van der Waals surface area contributed by atoms with Gasteiger partial charge in [0.25, 0.3) is 11.8 Å². The van der Waals surface area contributed by atoms with Gasteiger partial charge in [0.2, 0.25) is 0 Å². The van der Waals surface area contributed by atoms with Gasteiger partial charge in [0.05, 0.1) is 0 Å². The summed E-state index contributed by atoms with van der Waals surface area (Å²) in [6.45, 7) is 0. The van der Waals surface area contributed by atoms with E-state index in [1.807, 2.05) is 12.1 Å². The zero-order valence-corrected chi connectivity index (χ0v) is 6.14. The Morgan fingerprint density at radius 1 is 1.33 bits per heavy atom. The van der Waals surface area contributed by atoms with Crippen molar-refractivity contribution in [1.29, 1.82) is 0 Å². The highest BCUT2D eigenvalue weighted by atomic mass is 16.5. The fourth-order valence-corrected chi connectivity index (χ4v) is 0.828. The monoisotopic (exact) mass is 162 g/mol. The Bertz CT molecular complexity index is 370. The van der Waals surface area contributed by atoms with Crippen LogP contribution >= 0.6 is 0 Å². The summed E-state index contributed by atoms with van der Waals surface area (Å²) in [7, 11) is 0. The summed E-state index contributed by atoms with van der Waals surface area (Å²) in [5, 5.41) is 3.44. The SMILES string of the molecule is Nc1noc(-c2ccccn2)n1. The van der Waals surface area contributed by atoms with E-state index < -0.39 is 0 Å². The second kappa shape index (κ2) is 2.61. The second-order valence-corrected chi connectivity index (χ2v) is 2.17. The molecule has 0 saturated carbocycles. The molecule has 0 bridgehead atoms. The molecule has 12 heavy (non-hydrogen) atoms. The third-order valence-electron chi connectivity index (χ3n) is 1.33. The average Bonchev–Trinajstić information content (AvgIpc) is 2.54. The maximum Gasteiger partial charge on any atom is 0.278 e. The van der Waals surface area contributed by atoms with Crippen LogP contribution in [-0.4, -0.2) is 15.1 Å². The molecule has 2 aromatic rings. The number of anilines is 1. The highest BCUT2D eigenvalue weighted by Gasteiger charge is 2.05. The normalized spacial score (nSPS) is 10.0. The van der Waals surface area contributed by atoms with E-state index in [1.165, 1.54) is 0 Å². The molecule has 2 rings (SSSR count). The number of nitrogens with zero attached hydrogens (tertiary/aromatic N) is 3. The van der Waals surface area contributed by atoms with Crippen molar-refractivity contribution >= 4 is 5.95 Å². The van der Waals surface area contributed by atoms with Crippen molar-refractivity contribution in [1.82, 2.24) is 15.1 Å². The van der Waals surface area contributed by atoms with Crippen LogP contribution in [-0.2, 0) is 0 Å². The van der Waals surface area contributed by atoms with Gasteiger partial charge in [0.15, 0.2) is 0 Å². The van der Waals surface area contributed by atoms with Crippen LogP contribution in [0.25, 0.3) is 11.6 Å². The van der Waals surface area contributed by atoms with Crippen LogP contribution in [0.2, 0.25) is 0 Å². The maximum absolute atomic E-state index is 5.27. The Labute approximate surface area is 68.2 Å². The Balaban J connectivity index is 2.45. The molecule has 0 atom stereocenters. The largest absolute Gasteiger partial charge is 0.365 e. The van der Waals surface area contributed by atoms with Crippen LogP contribution in [0.1, 0.15) is 0 Å². The van der Waals surface area contributed by atoms with Gasteiger partial charge in [-0.15, -0.1) is 0 Å². The molecule has 0 spiro atoms. The lowest BCUT2D eigenvalue weighted by Gasteiger charge is -1.88. The van der Waals surface area contributed by atoms with Crippen molar-refractivity contribution in [3.05, 3.63) is 24.4 Å². The summed E-state index contributed by atoms with van der Waals surface area (Å²) in [5.74, 6) is 0.462. The lowest BCUT2D eigenvalue weighted by atomic mass is 10.3. The van der Waals surface area contributed by atoms with Gasteiger partial charge in [-0.2, -0.15) is 4.98 Å². The van der Waals surface area contributed by atoms with E-state index in [9.17, 15) is 0 Å². The van der Waals surface area contributed by atoms with Crippen LogP contribution in [0.5, 0.6) is 0 Å². The summed E-state index contributed by atoms with van der Waals surface area (Å²) in [6, 6.07) is 5.42. The van der Waals surface area contributed by atoms with Crippen molar-refractivity contribution in [3.63, 3.8) is 0 Å². The maximum atomic E-state index is 5.27. The number of pyridine rings is 1. The molecule has 0 saturated heterocycles. The minimum absolute atomic E-state index is 0.121. The average molecular weight is 162 g/mol. The molecule has 2 heterocycles. The molecule has 2 aromatic heterocycles. The molecule has 0 unspecified atom stereocenters. The highest BCUT2D eigenvalue weighted by molar-refractivity contribution is 5.46. The molecule has 60 valence electrons. The van der Waals surface area contributed by atoms with E-state index in [0.717, 1.165) is 0 Å². The van der Waals surface area contributed by atoms with E-state index >= 15 is 0 Å². The van der Waals surface area contributed by atoms with Gasteiger partial charge < -0.3 is 10.3 Å². The summed E-state index contributed by atoms with van der Waals surface area (Å²) in [6.07, 6.45) is 1.65. The number of rotatable bonds is 1. The zero-order valence-electron chi connectivity index (χ0n) is 6.14. The lowest BCUT2D eigenvalue weighted by molar-refractivity contribution is 0.431. The number of hydrogen-bond donors (Lipinski definition) is 1. The minimum atomic E-state index is 0.121. The smallest absolute Gasteiger partial charge is 0.278 e. The second-order valence-electron chi connectivity index (χ2n) is 2.17. The molecule has 0 aromatic carbocycles. The van der Waals surface area contributed by atoms with Gasteiger partial charge in [0, 0.05) is 6.20 Å². The first kappa shape index (κ1) is 6.78. The van der Waals surface area contributed by atoms with Crippen LogP contribution in [0.4, 0.5) is 5.95 Å². The van der Waals surface area contributed by atoms with Crippen molar-refractivity contribution in [2.45, 2.75) is 0 Å². The quantitative estimate of drug-likeness (QED) is 0.668. The van der Waals surface area contributed by atoms with Gasteiger partial charge >= 0.3 is 0 Å². The fourth-order valence-electron chi connectivity index (χ4n) is 0.828. The van der Waals surface area contributed by atoms with Gasteiger partial charge in [-0.3, -0.25) is 4.98 Å². The Morgan fingerprint density at radius 3 is 2.83 bits per heavy atom. The zero-order chi connectivity index (χ0) is 8.39. The minimum Gasteiger partial charge on any atom is -0.365 e. The number of nitrogens with two attached hydrogens (primary N) is 1. The van der Waals surface area contributed by atoms with Crippen molar-refractivity contribution < 1.29 is 4.52 Å². The summed E-state index contributed by atoms with van der Waals surface area (Å²) < 4.78 is 4.80. The first-order valence-electron chi connectivity index (χ1n) is 3.37. The first-order chi connectivity index (χ1) is 5.86. The number of aromatic nitrogens is 3. The van der Waals surface area contributed by atoms with E-state index in [1.54, 1.807) is 12.3 Å². The molecule has 0 aliphatic carbocycles. The topological polar surface area (TPSA) is 77.8 Å². The third kappa shape index (κ3) is 1.12. The predicted octanol–water partition coefficient (Wildman–Crippen LogP) is 0.714. The molecule has 0 aliphatic rings. The van der Waals surface area contributed by atoms with Crippen LogP contribution in [0, 0.1) is 0 Å². The molecule has 2 N–H and O–H groups in total.